The van der Waals surface area contributed by atoms with E-state index >= 15 is 0 Å². The maximum atomic E-state index is 5.98. The average molecular weight is 285 g/mol. The van der Waals surface area contributed by atoms with E-state index in [1.54, 1.807) is 30.1 Å². The molecule has 1 aromatic heterocycles. The fourth-order valence-electron chi connectivity index (χ4n) is 1.32. The Balaban J connectivity index is 2.12. The van der Waals surface area contributed by atoms with E-state index in [1.165, 1.54) is 0 Å². The molecule has 0 spiro atoms. The molecular formula is C12H10Cl2N2S. The van der Waals surface area contributed by atoms with Gasteiger partial charge in [0.05, 0.1) is 0 Å². The lowest BCUT2D eigenvalue weighted by Crippen LogP contribution is -1.90. The zero-order valence-electron chi connectivity index (χ0n) is 8.86. The normalized spacial score (nSPS) is 10.5. The van der Waals surface area contributed by atoms with Gasteiger partial charge in [0, 0.05) is 27.6 Å². The highest BCUT2D eigenvalue weighted by Gasteiger charge is 2.04. The quantitative estimate of drug-likeness (QED) is 0.520. The van der Waals surface area contributed by atoms with E-state index < -0.39 is 0 Å². The van der Waals surface area contributed by atoms with Crippen LogP contribution in [-0.2, 0) is 5.75 Å². The van der Waals surface area contributed by atoms with Crippen molar-refractivity contribution in [2.24, 2.45) is 0 Å². The minimum Gasteiger partial charge on any atom is -0.398 e. The van der Waals surface area contributed by atoms with E-state index in [9.17, 15) is 0 Å². The summed E-state index contributed by atoms with van der Waals surface area (Å²) in [6.45, 7) is 0. The monoisotopic (exact) mass is 284 g/mol. The molecule has 0 aliphatic carbocycles. The van der Waals surface area contributed by atoms with Crippen molar-refractivity contribution in [3.8, 4) is 0 Å². The number of benzene rings is 1. The summed E-state index contributed by atoms with van der Waals surface area (Å²) in [5.41, 5.74) is 7.57. The van der Waals surface area contributed by atoms with Gasteiger partial charge in [-0.25, -0.2) is 4.98 Å². The summed E-state index contributed by atoms with van der Waals surface area (Å²) in [6.07, 6.45) is 1.67. The second-order valence-electron chi connectivity index (χ2n) is 3.42. The Morgan fingerprint density at radius 3 is 2.82 bits per heavy atom. The molecule has 0 radical (unpaired) electrons. The van der Waals surface area contributed by atoms with Gasteiger partial charge in [-0.3, -0.25) is 0 Å². The highest BCUT2D eigenvalue weighted by Crippen LogP contribution is 2.31. The lowest BCUT2D eigenvalue weighted by Gasteiger charge is -2.06. The van der Waals surface area contributed by atoms with Gasteiger partial charge < -0.3 is 5.73 Å². The van der Waals surface area contributed by atoms with Gasteiger partial charge in [-0.2, -0.15) is 0 Å². The molecule has 1 heterocycles. The maximum absolute atomic E-state index is 5.98. The molecule has 0 saturated carbocycles. The minimum absolute atomic E-state index is 0.528. The molecule has 0 aliphatic rings. The number of pyridine rings is 1. The smallest absolute Gasteiger partial charge is 0.133 e. The zero-order valence-corrected chi connectivity index (χ0v) is 11.2. The van der Waals surface area contributed by atoms with E-state index in [-0.39, 0.29) is 0 Å². The fourth-order valence-corrected chi connectivity index (χ4v) is 2.81. The molecule has 88 valence electrons. The summed E-state index contributed by atoms with van der Waals surface area (Å²) in [4.78, 5) is 4.98. The zero-order chi connectivity index (χ0) is 12.3. The summed E-state index contributed by atoms with van der Waals surface area (Å²) in [6, 6.07) is 9.24. The van der Waals surface area contributed by atoms with Crippen LogP contribution in [-0.4, -0.2) is 4.98 Å². The molecule has 0 amide bonds. The van der Waals surface area contributed by atoms with E-state index in [4.69, 9.17) is 28.9 Å². The van der Waals surface area contributed by atoms with Gasteiger partial charge in [0.2, 0.25) is 0 Å². The van der Waals surface area contributed by atoms with Crippen LogP contribution < -0.4 is 5.73 Å². The first-order chi connectivity index (χ1) is 8.16. The number of anilines is 1. The number of nitrogens with two attached hydrogens (primary N) is 1. The number of hydrogen-bond donors (Lipinski definition) is 1. The van der Waals surface area contributed by atoms with Crippen molar-refractivity contribution in [2.45, 2.75) is 10.6 Å². The van der Waals surface area contributed by atoms with Crippen LogP contribution in [0.15, 0.2) is 41.4 Å². The summed E-state index contributed by atoms with van der Waals surface area (Å²) in [7, 11) is 0. The molecule has 0 aliphatic heterocycles. The van der Waals surface area contributed by atoms with Crippen molar-refractivity contribution >= 4 is 40.7 Å². The number of thioether (sulfide) groups is 1. The fraction of sp³-hybridized carbons (Fsp3) is 0.0833. The van der Waals surface area contributed by atoms with Gasteiger partial charge in [0.1, 0.15) is 5.15 Å². The van der Waals surface area contributed by atoms with E-state index in [1.807, 2.05) is 18.2 Å². The maximum Gasteiger partial charge on any atom is 0.133 e. The topological polar surface area (TPSA) is 38.9 Å². The molecule has 0 bridgehead atoms. The van der Waals surface area contributed by atoms with Crippen molar-refractivity contribution in [2.75, 3.05) is 5.73 Å². The predicted octanol–water partition coefficient (Wildman–Crippen LogP) is 4.26. The average Bonchev–Trinajstić information content (AvgIpc) is 2.32. The highest BCUT2D eigenvalue weighted by atomic mass is 35.5. The van der Waals surface area contributed by atoms with Gasteiger partial charge in [-0.15, -0.1) is 11.8 Å². The summed E-state index contributed by atoms with van der Waals surface area (Å²) < 4.78 is 0. The van der Waals surface area contributed by atoms with Gasteiger partial charge in [-0.1, -0.05) is 29.3 Å². The number of nitrogens with zero attached hydrogens (tertiary/aromatic N) is 1. The van der Waals surface area contributed by atoms with Gasteiger partial charge in [0.25, 0.3) is 0 Å². The van der Waals surface area contributed by atoms with Crippen molar-refractivity contribution < 1.29 is 0 Å². The standard InChI is InChI=1S/C12H10Cl2N2S/c13-9-3-4-10(15)11(6-9)17-7-8-2-1-5-16-12(8)14/h1-6H,7,15H2. The minimum atomic E-state index is 0.528. The molecule has 2 rings (SSSR count). The van der Waals surface area contributed by atoms with Crippen LogP contribution in [0.3, 0.4) is 0 Å². The molecule has 0 unspecified atom stereocenters. The second kappa shape index (κ2) is 5.63. The van der Waals surface area contributed by atoms with Crippen molar-refractivity contribution in [1.29, 1.82) is 0 Å². The molecule has 2 nitrogen and oxygen atoms in total. The Bertz CT molecular complexity index is 532. The third-order valence-corrected chi connectivity index (χ3v) is 3.89. The van der Waals surface area contributed by atoms with E-state index in [2.05, 4.69) is 4.98 Å². The van der Waals surface area contributed by atoms with Crippen LogP contribution >= 0.6 is 35.0 Å². The van der Waals surface area contributed by atoms with Crippen LogP contribution in [0.25, 0.3) is 0 Å². The van der Waals surface area contributed by atoms with Crippen LogP contribution in [0.1, 0.15) is 5.56 Å². The van der Waals surface area contributed by atoms with E-state index in [0.717, 1.165) is 21.9 Å². The Kier molecular flexibility index (Phi) is 4.15. The third kappa shape index (κ3) is 3.28. The molecule has 1 aromatic carbocycles. The Morgan fingerprint density at radius 2 is 2.06 bits per heavy atom. The summed E-state index contributed by atoms with van der Waals surface area (Å²) in [5, 5.41) is 1.21. The molecule has 17 heavy (non-hydrogen) atoms. The van der Waals surface area contributed by atoms with Crippen LogP contribution in [0, 0.1) is 0 Å². The van der Waals surface area contributed by atoms with Crippen molar-refractivity contribution in [3.63, 3.8) is 0 Å². The second-order valence-corrected chi connectivity index (χ2v) is 5.24. The number of nitrogen functional groups attached to an aromatic ring is 1. The lowest BCUT2D eigenvalue weighted by atomic mass is 10.3. The van der Waals surface area contributed by atoms with Crippen molar-refractivity contribution in [1.82, 2.24) is 4.98 Å². The number of halogens is 2. The SMILES string of the molecule is Nc1ccc(Cl)cc1SCc1cccnc1Cl. The molecular weight excluding hydrogens is 275 g/mol. The first kappa shape index (κ1) is 12.6. The first-order valence-electron chi connectivity index (χ1n) is 4.94. The van der Waals surface area contributed by atoms with Gasteiger partial charge in [-0.05, 0) is 29.8 Å². The lowest BCUT2D eigenvalue weighted by molar-refractivity contribution is 1.25. The Labute approximate surface area is 114 Å². The molecule has 0 fully saturated rings. The predicted molar refractivity (Wildman–Crippen MR) is 74.7 cm³/mol. The van der Waals surface area contributed by atoms with Gasteiger partial charge >= 0.3 is 0 Å². The largest absolute Gasteiger partial charge is 0.398 e. The van der Waals surface area contributed by atoms with Gasteiger partial charge in [0.15, 0.2) is 0 Å². The molecule has 0 saturated heterocycles. The van der Waals surface area contributed by atoms with Crippen LogP contribution in [0.5, 0.6) is 0 Å². The summed E-state index contributed by atoms with van der Waals surface area (Å²) >= 11 is 13.5. The highest BCUT2D eigenvalue weighted by molar-refractivity contribution is 7.98. The van der Waals surface area contributed by atoms with Crippen LogP contribution in [0.2, 0.25) is 10.2 Å². The molecule has 0 atom stereocenters. The summed E-state index contributed by atoms with van der Waals surface area (Å²) in [5.74, 6) is 0.719. The molecule has 5 heteroatoms. The Hall–Kier alpha value is -0.900. The van der Waals surface area contributed by atoms with Crippen LogP contribution in [0.4, 0.5) is 5.69 Å². The Morgan fingerprint density at radius 1 is 1.24 bits per heavy atom. The van der Waals surface area contributed by atoms with Crippen molar-refractivity contribution in [3.05, 3.63) is 52.3 Å². The van der Waals surface area contributed by atoms with E-state index in [0.29, 0.717) is 10.2 Å². The third-order valence-electron chi connectivity index (χ3n) is 2.20. The number of rotatable bonds is 3. The molecule has 2 N–H and O–H groups in total. The number of hydrogen-bond acceptors (Lipinski definition) is 3. The number of aromatic nitrogens is 1. The first-order valence-corrected chi connectivity index (χ1v) is 6.68. The molecule has 2 aromatic rings.